The lowest BCUT2D eigenvalue weighted by Crippen LogP contribution is -2.37. The third-order valence-electron chi connectivity index (χ3n) is 4.34. The molecule has 0 aliphatic heterocycles. The molecule has 3 rings (SSSR count). The van der Waals surface area contributed by atoms with Crippen molar-refractivity contribution in [1.82, 2.24) is 4.31 Å². The van der Waals surface area contributed by atoms with Crippen LogP contribution in [0.5, 0.6) is 0 Å². The lowest BCUT2D eigenvalue weighted by molar-refractivity contribution is -0.116. The Kier molecular flexibility index (Phi) is 8.49. The highest BCUT2D eigenvalue weighted by molar-refractivity contribution is 9.10. The molecule has 168 valence electrons. The summed E-state index contributed by atoms with van der Waals surface area (Å²) in [6.07, 6.45) is 0. The summed E-state index contributed by atoms with van der Waals surface area (Å²) in [7, 11) is -4.05. The van der Waals surface area contributed by atoms with E-state index in [2.05, 4.69) is 21.2 Å². The van der Waals surface area contributed by atoms with Crippen molar-refractivity contribution in [2.24, 2.45) is 0 Å². The van der Waals surface area contributed by atoms with Crippen LogP contribution in [0.1, 0.15) is 5.56 Å². The van der Waals surface area contributed by atoms with Gasteiger partial charge in [0.2, 0.25) is 15.9 Å². The fraction of sp³-hybridized carbons (Fsp3) is 0.0952. The number of nitrogens with zero attached hydrogens (tertiary/aromatic N) is 1. The molecular weight excluding hydrogens is 582 g/mol. The molecule has 11 heteroatoms. The quantitative estimate of drug-likeness (QED) is 0.323. The van der Waals surface area contributed by atoms with Gasteiger partial charge in [0.05, 0.1) is 22.2 Å². The highest BCUT2D eigenvalue weighted by atomic mass is 79.9. The van der Waals surface area contributed by atoms with Crippen LogP contribution in [0.25, 0.3) is 0 Å². The van der Waals surface area contributed by atoms with Crippen LogP contribution in [0, 0.1) is 0 Å². The summed E-state index contributed by atoms with van der Waals surface area (Å²) in [5.41, 5.74) is 0.764. The molecule has 5 nitrogen and oxygen atoms in total. The van der Waals surface area contributed by atoms with Gasteiger partial charge in [0.25, 0.3) is 0 Å². The maximum Gasteiger partial charge on any atom is 0.243 e. The Hall–Kier alpha value is -1.32. The Bertz CT molecular complexity index is 1250. The van der Waals surface area contributed by atoms with Crippen molar-refractivity contribution in [3.8, 4) is 0 Å². The highest BCUT2D eigenvalue weighted by Gasteiger charge is 2.28. The molecular formula is C21H15BrCl4N2O3S. The van der Waals surface area contributed by atoms with Crippen molar-refractivity contribution in [1.29, 1.82) is 0 Å². The van der Waals surface area contributed by atoms with Crippen LogP contribution in [0.3, 0.4) is 0 Å². The minimum atomic E-state index is -4.05. The monoisotopic (exact) mass is 594 g/mol. The van der Waals surface area contributed by atoms with Crippen molar-refractivity contribution in [2.45, 2.75) is 11.4 Å². The second kappa shape index (κ2) is 10.7. The normalized spacial score (nSPS) is 11.6. The van der Waals surface area contributed by atoms with Gasteiger partial charge in [0.1, 0.15) is 0 Å². The second-order valence-corrected chi connectivity index (χ2v) is 11.2. The summed E-state index contributed by atoms with van der Waals surface area (Å²) in [4.78, 5) is 12.8. The van der Waals surface area contributed by atoms with Crippen LogP contribution < -0.4 is 5.32 Å². The van der Waals surface area contributed by atoms with Crippen molar-refractivity contribution >= 4 is 84.0 Å². The number of sulfonamides is 1. The van der Waals surface area contributed by atoms with E-state index in [1.807, 2.05) is 0 Å². The molecule has 0 atom stereocenters. The predicted molar refractivity (Wildman–Crippen MR) is 133 cm³/mol. The Morgan fingerprint density at radius 1 is 0.875 bits per heavy atom. The number of anilines is 1. The van der Waals surface area contributed by atoms with Gasteiger partial charge in [-0.15, -0.1) is 0 Å². The van der Waals surface area contributed by atoms with E-state index in [4.69, 9.17) is 46.4 Å². The molecule has 0 saturated heterocycles. The number of halogens is 5. The lowest BCUT2D eigenvalue weighted by Gasteiger charge is -2.23. The van der Waals surface area contributed by atoms with E-state index in [9.17, 15) is 13.2 Å². The zero-order chi connectivity index (χ0) is 23.5. The number of benzene rings is 3. The van der Waals surface area contributed by atoms with Gasteiger partial charge in [0.15, 0.2) is 0 Å². The molecule has 0 aromatic heterocycles. The number of nitrogens with one attached hydrogen (secondary N) is 1. The maximum absolute atomic E-state index is 13.3. The van der Waals surface area contributed by atoms with Gasteiger partial charge in [0, 0.05) is 26.1 Å². The zero-order valence-electron chi connectivity index (χ0n) is 16.2. The number of hydrogen-bond donors (Lipinski definition) is 1. The third kappa shape index (κ3) is 6.38. The number of rotatable bonds is 7. The van der Waals surface area contributed by atoms with Crippen LogP contribution in [-0.4, -0.2) is 25.2 Å². The molecule has 0 bridgehead atoms. The summed E-state index contributed by atoms with van der Waals surface area (Å²) >= 11 is 27.5. The molecule has 0 radical (unpaired) electrons. The van der Waals surface area contributed by atoms with Crippen LogP contribution in [-0.2, 0) is 21.4 Å². The van der Waals surface area contributed by atoms with E-state index < -0.39 is 22.5 Å². The van der Waals surface area contributed by atoms with E-state index in [0.29, 0.717) is 15.6 Å². The first-order chi connectivity index (χ1) is 15.1. The van der Waals surface area contributed by atoms with Gasteiger partial charge in [-0.2, -0.15) is 4.31 Å². The van der Waals surface area contributed by atoms with Gasteiger partial charge < -0.3 is 5.32 Å². The van der Waals surface area contributed by atoms with Crippen molar-refractivity contribution in [3.63, 3.8) is 0 Å². The SMILES string of the molecule is O=C(CN(Cc1ccc(Cl)cc1Cl)S(=O)(=O)c1ccc(Br)cc1)Nc1cc(Cl)ccc1Cl. The zero-order valence-corrected chi connectivity index (χ0v) is 21.6. The standard InChI is InChI=1S/C21H15BrCl4N2O3S/c22-14-2-6-17(7-3-14)32(30,31)28(11-13-1-4-15(23)9-19(13)26)12-21(29)27-20-10-16(24)5-8-18(20)25/h1-10H,11-12H2,(H,27,29). The Morgan fingerprint density at radius 3 is 2.16 bits per heavy atom. The van der Waals surface area contributed by atoms with E-state index in [1.54, 1.807) is 30.3 Å². The molecule has 3 aromatic rings. The lowest BCUT2D eigenvalue weighted by atomic mass is 10.2. The summed E-state index contributed by atoms with van der Waals surface area (Å²) in [6.45, 7) is -0.634. The number of hydrogen-bond acceptors (Lipinski definition) is 3. The smallest absolute Gasteiger partial charge is 0.243 e. The van der Waals surface area contributed by atoms with Crippen molar-refractivity contribution < 1.29 is 13.2 Å². The molecule has 0 aliphatic rings. The third-order valence-corrected chi connectivity index (χ3v) is 7.82. The van der Waals surface area contributed by atoms with Crippen LogP contribution in [0.4, 0.5) is 5.69 Å². The molecule has 0 fully saturated rings. The Morgan fingerprint density at radius 2 is 1.50 bits per heavy atom. The van der Waals surface area contributed by atoms with Gasteiger partial charge in [-0.25, -0.2) is 8.42 Å². The molecule has 3 aromatic carbocycles. The Balaban J connectivity index is 1.93. The minimum absolute atomic E-state index is 0.0272. The highest BCUT2D eigenvalue weighted by Crippen LogP contribution is 2.28. The van der Waals surface area contributed by atoms with Gasteiger partial charge >= 0.3 is 0 Å². The first-order valence-corrected chi connectivity index (χ1v) is 12.8. The van der Waals surface area contributed by atoms with Gasteiger partial charge in [-0.3, -0.25) is 4.79 Å². The molecule has 0 saturated carbocycles. The average Bonchev–Trinajstić information content (AvgIpc) is 2.72. The van der Waals surface area contributed by atoms with E-state index in [0.717, 1.165) is 8.78 Å². The maximum atomic E-state index is 13.3. The molecule has 1 N–H and O–H groups in total. The largest absolute Gasteiger partial charge is 0.324 e. The molecule has 0 aliphatic carbocycles. The van der Waals surface area contributed by atoms with Crippen LogP contribution in [0.2, 0.25) is 20.1 Å². The van der Waals surface area contributed by atoms with Crippen molar-refractivity contribution in [2.75, 3.05) is 11.9 Å². The fourth-order valence-electron chi connectivity index (χ4n) is 2.76. The first-order valence-electron chi connectivity index (χ1n) is 9.01. The predicted octanol–water partition coefficient (Wildman–Crippen LogP) is 6.89. The van der Waals surface area contributed by atoms with E-state index in [1.165, 1.54) is 30.3 Å². The first kappa shape index (κ1) is 25.3. The van der Waals surface area contributed by atoms with Crippen molar-refractivity contribution in [3.05, 3.63) is 90.8 Å². The number of carbonyl (C=O) groups is 1. The average molecular weight is 597 g/mol. The molecule has 0 unspecified atom stereocenters. The summed E-state index contributed by atoms with van der Waals surface area (Å²) in [6, 6.07) is 15.4. The number of carbonyl (C=O) groups excluding carboxylic acids is 1. The molecule has 0 spiro atoms. The summed E-state index contributed by atoms with van der Waals surface area (Å²) < 4.78 is 28.4. The van der Waals surface area contributed by atoms with E-state index >= 15 is 0 Å². The summed E-state index contributed by atoms with van der Waals surface area (Å²) in [5, 5.41) is 3.94. The summed E-state index contributed by atoms with van der Waals surface area (Å²) in [5.74, 6) is -0.597. The van der Waals surface area contributed by atoms with Gasteiger partial charge in [-0.05, 0) is 60.2 Å². The molecule has 0 heterocycles. The molecule has 32 heavy (non-hydrogen) atoms. The molecule has 1 amide bonds. The van der Waals surface area contributed by atoms with Crippen LogP contribution >= 0.6 is 62.3 Å². The van der Waals surface area contributed by atoms with E-state index in [-0.39, 0.29) is 27.2 Å². The fourth-order valence-corrected chi connectivity index (χ4v) is 5.21. The number of amides is 1. The van der Waals surface area contributed by atoms with Crippen LogP contribution in [0.15, 0.2) is 70.0 Å². The Labute approximate surface area is 214 Å². The second-order valence-electron chi connectivity index (χ2n) is 6.64. The van der Waals surface area contributed by atoms with Gasteiger partial charge in [-0.1, -0.05) is 68.4 Å². The topological polar surface area (TPSA) is 66.5 Å². The minimum Gasteiger partial charge on any atom is -0.324 e.